The third kappa shape index (κ3) is 5.57. The van der Waals surface area contributed by atoms with Crippen molar-refractivity contribution in [3.63, 3.8) is 0 Å². The second-order valence-corrected chi connectivity index (χ2v) is 4.92. The molecule has 6 heteroatoms. The molecule has 0 atom stereocenters. The predicted molar refractivity (Wildman–Crippen MR) is 74.0 cm³/mol. The number of hydrogen-bond donors (Lipinski definition) is 1. The molecule has 1 rings (SSSR count). The van der Waals surface area contributed by atoms with Crippen molar-refractivity contribution in [2.75, 3.05) is 6.54 Å². The molecule has 110 valence electrons. The molecule has 0 fully saturated rings. The molecule has 4 nitrogen and oxygen atoms in total. The van der Waals surface area contributed by atoms with Crippen LogP contribution in [0.15, 0.2) is 18.2 Å². The van der Waals surface area contributed by atoms with Gasteiger partial charge in [-0.05, 0) is 26.0 Å². The number of rotatable bonds is 6. The molecule has 0 heterocycles. The summed E-state index contributed by atoms with van der Waals surface area (Å²) in [6.45, 7) is 3.64. The van der Waals surface area contributed by atoms with Crippen LogP contribution in [0.5, 0.6) is 0 Å². The first-order valence-electron chi connectivity index (χ1n) is 6.29. The van der Waals surface area contributed by atoms with Crippen molar-refractivity contribution in [3.05, 3.63) is 34.6 Å². The molecule has 0 aromatic heterocycles. The Hall–Kier alpha value is -1.62. The average molecular weight is 302 g/mol. The Morgan fingerprint density at radius 3 is 2.70 bits per heavy atom. The van der Waals surface area contributed by atoms with Crippen LogP contribution in [0, 0.1) is 5.82 Å². The van der Waals surface area contributed by atoms with Gasteiger partial charge in [0.2, 0.25) is 5.91 Å². The molecule has 0 saturated carbocycles. The van der Waals surface area contributed by atoms with E-state index in [9.17, 15) is 14.0 Å². The number of halogens is 2. The average Bonchev–Trinajstić information content (AvgIpc) is 2.33. The van der Waals surface area contributed by atoms with Gasteiger partial charge in [0, 0.05) is 17.1 Å². The van der Waals surface area contributed by atoms with Crippen LogP contribution in [-0.2, 0) is 20.7 Å². The van der Waals surface area contributed by atoms with E-state index in [0.29, 0.717) is 0 Å². The first-order chi connectivity index (χ1) is 9.40. The lowest BCUT2D eigenvalue weighted by Gasteiger charge is -2.09. The zero-order chi connectivity index (χ0) is 15.1. The smallest absolute Gasteiger partial charge is 0.307 e. The highest BCUT2D eigenvalue weighted by Crippen LogP contribution is 2.19. The van der Waals surface area contributed by atoms with Gasteiger partial charge in [-0.25, -0.2) is 4.39 Å². The zero-order valence-corrected chi connectivity index (χ0v) is 12.2. The fraction of sp³-hybridized carbons (Fsp3) is 0.429. The number of esters is 1. The topological polar surface area (TPSA) is 55.4 Å². The maximum Gasteiger partial charge on any atom is 0.307 e. The van der Waals surface area contributed by atoms with Crippen LogP contribution in [0.1, 0.15) is 25.8 Å². The van der Waals surface area contributed by atoms with Gasteiger partial charge in [-0.3, -0.25) is 9.59 Å². The minimum Gasteiger partial charge on any atom is -0.463 e. The van der Waals surface area contributed by atoms with Crippen LogP contribution in [0.4, 0.5) is 4.39 Å². The molecule has 0 aliphatic rings. The second kappa shape index (κ2) is 7.85. The Balaban J connectivity index is 2.39. The summed E-state index contributed by atoms with van der Waals surface area (Å²) in [6.07, 6.45) is -0.268. The summed E-state index contributed by atoms with van der Waals surface area (Å²) in [5, 5.41) is 2.73. The first kappa shape index (κ1) is 16.4. The Kier molecular flexibility index (Phi) is 6.45. The third-order valence-corrected chi connectivity index (χ3v) is 2.77. The van der Waals surface area contributed by atoms with Gasteiger partial charge in [-0.1, -0.05) is 17.7 Å². The number of carbonyl (C=O) groups is 2. The van der Waals surface area contributed by atoms with Crippen molar-refractivity contribution in [1.82, 2.24) is 5.32 Å². The number of benzene rings is 1. The number of hydrogen-bond acceptors (Lipinski definition) is 3. The Labute approximate surface area is 122 Å². The van der Waals surface area contributed by atoms with Crippen molar-refractivity contribution in [3.8, 4) is 0 Å². The molecule has 0 spiro atoms. The Morgan fingerprint density at radius 2 is 2.10 bits per heavy atom. The zero-order valence-electron chi connectivity index (χ0n) is 11.4. The summed E-state index contributed by atoms with van der Waals surface area (Å²) in [7, 11) is 0. The lowest BCUT2D eigenvalue weighted by atomic mass is 10.1. The largest absolute Gasteiger partial charge is 0.463 e. The number of ether oxygens (including phenoxy) is 1. The van der Waals surface area contributed by atoms with Gasteiger partial charge < -0.3 is 10.1 Å². The molecule has 0 bridgehead atoms. The normalized spacial score (nSPS) is 10.4. The number of amides is 1. The van der Waals surface area contributed by atoms with Gasteiger partial charge in [-0.15, -0.1) is 0 Å². The molecule has 0 radical (unpaired) electrons. The summed E-state index contributed by atoms with van der Waals surface area (Å²) in [5.74, 6) is -1.30. The quantitative estimate of drug-likeness (QED) is 0.821. The van der Waals surface area contributed by atoms with E-state index in [1.165, 1.54) is 18.2 Å². The van der Waals surface area contributed by atoms with Gasteiger partial charge in [0.25, 0.3) is 0 Å². The highest BCUT2D eigenvalue weighted by molar-refractivity contribution is 6.31. The number of carbonyl (C=O) groups excluding carboxylic acids is 2. The van der Waals surface area contributed by atoms with Crippen LogP contribution in [0.2, 0.25) is 5.02 Å². The maximum atomic E-state index is 13.5. The first-order valence-corrected chi connectivity index (χ1v) is 6.67. The van der Waals surface area contributed by atoms with E-state index < -0.39 is 11.7 Å². The van der Waals surface area contributed by atoms with Gasteiger partial charge in [-0.2, -0.15) is 0 Å². The van der Waals surface area contributed by atoms with E-state index in [-0.39, 0.29) is 42.0 Å². The maximum absolute atomic E-state index is 13.5. The van der Waals surface area contributed by atoms with Crippen molar-refractivity contribution in [2.45, 2.75) is 32.8 Å². The van der Waals surface area contributed by atoms with Gasteiger partial charge in [0.15, 0.2) is 0 Å². The van der Waals surface area contributed by atoms with Crippen molar-refractivity contribution >= 4 is 23.5 Å². The molecular weight excluding hydrogens is 285 g/mol. The summed E-state index contributed by atoms with van der Waals surface area (Å²) in [6, 6.07) is 4.24. The Morgan fingerprint density at radius 1 is 1.40 bits per heavy atom. The van der Waals surface area contributed by atoms with Gasteiger partial charge in [0.05, 0.1) is 18.9 Å². The lowest BCUT2D eigenvalue weighted by Crippen LogP contribution is -2.28. The van der Waals surface area contributed by atoms with Gasteiger partial charge >= 0.3 is 5.97 Å². The molecule has 0 aliphatic heterocycles. The van der Waals surface area contributed by atoms with Crippen LogP contribution in [0.3, 0.4) is 0 Å². The molecule has 1 aromatic carbocycles. The molecule has 1 aromatic rings. The van der Waals surface area contributed by atoms with Crippen LogP contribution in [0.25, 0.3) is 0 Å². The highest BCUT2D eigenvalue weighted by atomic mass is 35.5. The van der Waals surface area contributed by atoms with Crippen LogP contribution < -0.4 is 5.32 Å². The monoisotopic (exact) mass is 301 g/mol. The summed E-state index contributed by atoms with van der Waals surface area (Å²) < 4.78 is 18.4. The van der Waals surface area contributed by atoms with Crippen molar-refractivity contribution < 1.29 is 18.7 Å². The van der Waals surface area contributed by atoms with Crippen LogP contribution >= 0.6 is 11.6 Å². The lowest BCUT2D eigenvalue weighted by molar-refractivity contribution is -0.147. The van der Waals surface area contributed by atoms with Crippen LogP contribution in [-0.4, -0.2) is 24.5 Å². The summed E-state index contributed by atoms with van der Waals surface area (Å²) >= 11 is 5.82. The molecule has 20 heavy (non-hydrogen) atoms. The molecular formula is C14H17ClFNO3. The van der Waals surface area contributed by atoms with Gasteiger partial charge in [0.1, 0.15) is 5.82 Å². The standard InChI is InChI=1S/C14H17ClFNO3/c1-9(2)20-14(19)6-7-17-13(18)8-10-11(15)4-3-5-12(10)16/h3-5,9H,6-8H2,1-2H3,(H,17,18). The van der Waals surface area contributed by atoms with E-state index >= 15 is 0 Å². The minimum absolute atomic E-state index is 0.0783. The second-order valence-electron chi connectivity index (χ2n) is 4.52. The fourth-order valence-corrected chi connectivity index (χ4v) is 1.78. The highest BCUT2D eigenvalue weighted by Gasteiger charge is 2.12. The molecule has 0 aliphatic carbocycles. The van der Waals surface area contributed by atoms with E-state index in [1.807, 2.05) is 0 Å². The molecule has 0 saturated heterocycles. The van der Waals surface area contributed by atoms with E-state index in [0.717, 1.165) is 0 Å². The summed E-state index contributed by atoms with van der Waals surface area (Å²) in [5.41, 5.74) is 0.149. The van der Waals surface area contributed by atoms with E-state index in [2.05, 4.69) is 5.32 Å². The third-order valence-electron chi connectivity index (χ3n) is 2.42. The number of nitrogens with one attached hydrogen (secondary N) is 1. The SMILES string of the molecule is CC(C)OC(=O)CCNC(=O)Cc1c(F)cccc1Cl. The van der Waals surface area contributed by atoms with Crippen molar-refractivity contribution in [1.29, 1.82) is 0 Å². The van der Waals surface area contributed by atoms with E-state index in [1.54, 1.807) is 13.8 Å². The Bertz CT molecular complexity index is 471. The molecule has 0 unspecified atom stereocenters. The fourth-order valence-electron chi connectivity index (χ4n) is 1.55. The minimum atomic E-state index is -0.521. The predicted octanol–water partition coefficient (Wildman–Crippen LogP) is 2.48. The molecule has 1 amide bonds. The van der Waals surface area contributed by atoms with E-state index in [4.69, 9.17) is 16.3 Å². The molecule has 1 N–H and O–H groups in total. The summed E-state index contributed by atoms with van der Waals surface area (Å²) in [4.78, 5) is 22.9. The van der Waals surface area contributed by atoms with Crippen molar-refractivity contribution in [2.24, 2.45) is 0 Å².